The second-order valence-corrected chi connectivity index (χ2v) is 14.7. The summed E-state index contributed by atoms with van der Waals surface area (Å²) in [5.41, 5.74) is 0. The predicted molar refractivity (Wildman–Crippen MR) is 223 cm³/mol. The third-order valence-electron chi connectivity index (χ3n) is 7.47. The van der Waals surface area contributed by atoms with Crippen LogP contribution in [0.25, 0.3) is 0 Å². The number of halogens is 5. The van der Waals surface area contributed by atoms with Crippen molar-refractivity contribution in [3.63, 3.8) is 0 Å². The van der Waals surface area contributed by atoms with Gasteiger partial charge < -0.3 is 65.8 Å². The van der Waals surface area contributed by atoms with Crippen molar-refractivity contribution >= 4 is 77.2 Å². The molecular formula is C35H73Cl5N5NaO14-4. The van der Waals surface area contributed by atoms with Crippen molar-refractivity contribution in [2.45, 2.75) is 176 Å². The molecule has 0 aromatic carbocycles. The normalized spacial score (nSPS) is 16.2. The maximum Gasteiger partial charge on any atom is 1.00 e. The first-order valence-corrected chi connectivity index (χ1v) is 20.5. The zero-order valence-electron chi connectivity index (χ0n) is 37.2. The minimum absolute atomic E-state index is 0. The molecule has 0 spiro atoms. The van der Waals surface area contributed by atoms with Gasteiger partial charge in [-0.1, -0.05) is 41.5 Å². The summed E-state index contributed by atoms with van der Waals surface area (Å²) in [5, 5.41) is 48.7. The van der Waals surface area contributed by atoms with Gasteiger partial charge in [0.15, 0.2) is 0 Å². The standard InChI is InChI=1S/C7H15ClNO3.C7H13ClNO2.C7H14ClNO2.C7H15NO2.C7H13NO.2ClO.Na.2H2O/c1-6(2)9-5-3-4-7(10,11)12-8;1-6(2)9-5-3-4-7(9,10)11-8;1-6(2)9-5-3-4-7(10)11-8;1-6(2)8-5-3-4-7(9)10;1-6(2)8-5-3-4-7(8)9;2*1-2;;;/h6,9-10H,3-5H2,1-2H3;6H,3-5H2,1-2H3;6,9H,3-5H2,1-2H3;6,8H,3-5H2,1-2H3,(H,9,10);6H,3-5H2,1-2H3;;;;2*1H2/q2*-1;;;;2*-1;+1;;/p-1. The van der Waals surface area contributed by atoms with Gasteiger partial charge in [0.25, 0.3) is 0 Å². The van der Waals surface area contributed by atoms with Crippen LogP contribution in [0.3, 0.4) is 0 Å². The van der Waals surface area contributed by atoms with Crippen molar-refractivity contribution in [2.24, 2.45) is 0 Å². The van der Waals surface area contributed by atoms with E-state index in [1.54, 1.807) is 4.90 Å². The number of nitrogens with one attached hydrogen (secondary N) is 3. The van der Waals surface area contributed by atoms with Crippen LogP contribution in [0.2, 0.25) is 0 Å². The fourth-order valence-corrected chi connectivity index (χ4v) is 5.09. The number of rotatable bonds is 19. The van der Waals surface area contributed by atoms with Gasteiger partial charge in [-0.2, -0.15) is 0 Å². The van der Waals surface area contributed by atoms with E-state index in [-0.39, 0.29) is 65.4 Å². The van der Waals surface area contributed by atoms with Crippen molar-refractivity contribution < 1.29 is 97.5 Å². The van der Waals surface area contributed by atoms with Gasteiger partial charge >= 0.3 is 41.5 Å². The number of carboxylic acids is 1. The zero-order valence-corrected chi connectivity index (χ0v) is 43.0. The van der Waals surface area contributed by atoms with Crippen LogP contribution in [0, 0.1) is 0 Å². The summed E-state index contributed by atoms with van der Waals surface area (Å²) in [7, 11) is 0. The molecule has 2 aliphatic heterocycles. The Morgan fingerprint density at radius 2 is 1.23 bits per heavy atom. The molecule has 0 aromatic rings. The van der Waals surface area contributed by atoms with Gasteiger partial charge in [0.05, 0.1) is 29.6 Å². The summed E-state index contributed by atoms with van der Waals surface area (Å²) < 4.78 is 27.6. The van der Waals surface area contributed by atoms with Crippen LogP contribution in [-0.4, -0.2) is 124 Å². The third kappa shape index (κ3) is 51.0. The van der Waals surface area contributed by atoms with Gasteiger partial charge in [-0.25, -0.2) is 23.7 Å². The van der Waals surface area contributed by atoms with Crippen molar-refractivity contribution in [3.8, 4) is 0 Å². The first-order chi connectivity index (χ1) is 26.6. The van der Waals surface area contributed by atoms with E-state index in [2.05, 4.69) is 80.2 Å². The second-order valence-electron chi connectivity index (χ2n) is 14.2. The van der Waals surface area contributed by atoms with E-state index in [1.807, 2.05) is 46.4 Å². The summed E-state index contributed by atoms with van der Waals surface area (Å²) in [6, 6.07) is 1.89. The molecule has 60 heavy (non-hydrogen) atoms. The number of carbonyl (C=O) groups excluding carboxylic acids is 2. The molecule has 2 heterocycles. The molecule has 0 saturated carbocycles. The Morgan fingerprint density at radius 3 is 1.52 bits per heavy atom. The number of aliphatic hydroxyl groups is 1. The van der Waals surface area contributed by atoms with E-state index in [1.165, 1.54) is 0 Å². The van der Waals surface area contributed by atoms with Crippen LogP contribution in [0.4, 0.5) is 0 Å². The number of hydrogen-bond donors (Lipinski definition) is 5. The topological polar surface area (TPSA) is 316 Å². The third-order valence-corrected chi connectivity index (χ3v) is 8.12. The summed E-state index contributed by atoms with van der Waals surface area (Å²) in [6.07, 6.45) is 5.81. The predicted octanol–water partition coefficient (Wildman–Crippen LogP) is -1.05. The van der Waals surface area contributed by atoms with Crippen LogP contribution in [0.5, 0.6) is 0 Å². The molecule has 0 radical (unpaired) electrons. The van der Waals surface area contributed by atoms with Crippen LogP contribution in [0.1, 0.15) is 133 Å². The molecular weight excluding hydrogens is 915 g/mol. The number of nitrogens with zero attached hydrogens (tertiary/aromatic N) is 2. The largest absolute Gasteiger partial charge is 1.00 e. The quantitative estimate of drug-likeness (QED) is 0.0586. The number of carboxylic acid groups (broad SMARTS) is 1. The number of aliphatic carboxylic acids is 1. The fraction of sp³-hybridized carbons (Fsp3) is 0.914. The Balaban J connectivity index is -0.0000000909. The summed E-state index contributed by atoms with van der Waals surface area (Å²) in [6.45, 7) is 24.3. The SMILES string of the molecule is CC(C)N1CCCC1([O-])OCl.CC(C)N1CCCC1=O.CC(C)NCCCC(=O)O.CC(C)NCCCC(=O)OCl.CC(C)NCCCC([O-])(O)OCl.O.[Na+].[O-]Cl.[O-]Cl.[OH-]. The number of hydrogen-bond acceptors (Lipinski definition) is 16. The molecule has 2 rings (SSSR count). The molecule has 2 aliphatic rings. The van der Waals surface area contributed by atoms with Gasteiger partial charge in [0.1, 0.15) is 17.8 Å². The first-order valence-electron chi connectivity index (χ1n) is 18.9. The van der Waals surface area contributed by atoms with Gasteiger partial charge in [-0.3, -0.25) is 27.9 Å². The molecule has 0 aromatic heterocycles. The van der Waals surface area contributed by atoms with Crippen LogP contribution < -0.4 is 65.0 Å². The Morgan fingerprint density at radius 1 is 0.800 bits per heavy atom. The molecule has 2 fully saturated rings. The van der Waals surface area contributed by atoms with E-state index >= 15 is 0 Å². The molecule has 2 unspecified atom stereocenters. The maximum atomic E-state index is 11.6. The monoisotopic (exact) mass is 985 g/mol. The minimum Gasteiger partial charge on any atom is -0.870 e. The Bertz CT molecular complexity index is 961. The Labute approximate surface area is 406 Å². The van der Waals surface area contributed by atoms with Crippen molar-refractivity contribution in [1.29, 1.82) is 0 Å². The van der Waals surface area contributed by atoms with Crippen molar-refractivity contribution in [3.05, 3.63) is 0 Å². The molecule has 2 atom stereocenters. The van der Waals surface area contributed by atoms with E-state index < -0.39 is 17.9 Å². The van der Waals surface area contributed by atoms with Crippen LogP contribution in [-0.2, 0) is 27.3 Å². The van der Waals surface area contributed by atoms with E-state index in [4.69, 9.17) is 55.1 Å². The Hall–Kier alpha value is 0.340. The van der Waals surface area contributed by atoms with E-state index in [0.717, 1.165) is 51.9 Å². The summed E-state index contributed by atoms with van der Waals surface area (Å²) in [4.78, 5) is 35.1. The second kappa shape index (κ2) is 50.3. The van der Waals surface area contributed by atoms with Gasteiger partial charge in [0.2, 0.25) is 5.91 Å². The van der Waals surface area contributed by atoms with Crippen LogP contribution >= 0.6 is 59.3 Å². The summed E-state index contributed by atoms with van der Waals surface area (Å²) in [5.74, 6) is -4.68. The average Bonchev–Trinajstić information content (AvgIpc) is 3.78. The molecule has 2 saturated heterocycles. The Kier molecular flexibility index (Phi) is 65.1. The number of carbonyl (C=O) groups is 3. The molecule has 8 N–H and O–H groups in total. The average molecular weight is 988 g/mol. The molecule has 19 nitrogen and oxygen atoms in total. The first kappa shape index (κ1) is 77.6. The molecule has 25 heteroatoms. The minimum atomic E-state index is -2.44. The van der Waals surface area contributed by atoms with Crippen molar-refractivity contribution in [2.75, 3.05) is 32.7 Å². The number of amides is 1. The molecule has 1 amide bonds. The van der Waals surface area contributed by atoms with E-state index in [0.29, 0.717) is 62.3 Å². The zero-order chi connectivity index (χ0) is 45.6. The molecule has 362 valence electrons. The molecule has 0 aliphatic carbocycles. The maximum absolute atomic E-state index is 11.6. The van der Waals surface area contributed by atoms with E-state index in [9.17, 15) is 24.6 Å². The van der Waals surface area contributed by atoms with Gasteiger partial charge in [-0.05, 0) is 98.8 Å². The van der Waals surface area contributed by atoms with Gasteiger partial charge in [0, 0.05) is 56.0 Å². The van der Waals surface area contributed by atoms with Crippen LogP contribution in [0.15, 0.2) is 0 Å². The molecule has 0 bridgehead atoms. The number of likely N-dealkylation sites (tertiary alicyclic amines) is 2. The van der Waals surface area contributed by atoms with Crippen molar-refractivity contribution in [1.82, 2.24) is 25.8 Å². The smallest absolute Gasteiger partial charge is 0.870 e. The summed E-state index contributed by atoms with van der Waals surface area (Å²) >= 11 is 21.5. The fourth-order valence-electron chi connectivity index (χ4n) is 4.77. The van der Waals surface area contributed by atoms with Gasteiger partial charge in [-0.15, -0.1) is 0 Å².